The third kappa shape index (κ3) is 2.88. The van der Waals surface area contributed by atoms with Gasteiger partial charge in [-0.25, -0.2) is 0 Å². The number of carbonyl (C=O) groups excluding carboxylic acids is 1. The smallest absolute Gasteiger partial charge is 0.283 e. The minimum Gasteiger partial charge on any atom is -0.490 e. The summed E-state index contributed by atoms with van der Waals surface area (Å²) in [5, 5.41) is 5.20. The van der Waals surface area contributed by atoms with Gasteiger partial charge in [-0.3, -0.25) is 9.59 Å². The van der Waals surface area contributed by atoms with Gasteiger partial charge in [-0.1, -0.05) is 24.3 Å². The standard InChI is InChI=1S/C16H16N4O3S/c1-3-13-19-20-14(17)10(15(22)18-16(20)24-13)7-9-5-6-11(21)12(8-9)23-4-2/h5-8H,3-4,17H2,1-2H3/b9-7-. The second kappa shape index (κ2) is 6.40. The highest BCUT2D eigenvalue weighted by molar-refractivity contribution is 7.16. The number of fused-ring (bicyclic) bond motifs is 1. The van der Waals surface area contributed by atoms with Crippen molar-refractivity contribution in [3.05, 3.63) is 50.5 Å². The Morgan fingerprint density at radius 3 is 2.83 bits per heavy atom. The van der Waals surface area contributed by atoms with Crippen molar-refractivity contribution in [2.24, 2.45) is 0 Å². The number of allylic oxidation sites excluding steroid dienone is 4. The van der Waals surface area contributed by atoms with E-state index in [0.29, 0.717) is 17.1 Å². The number of ether oxygens (including phenoxy) is 1. The first-order valence-corrected chi connectivity index (χ1v) is 8.32. The number of nitrogens with two attached hydrogens (primary N) is 1. The van der Waals surface area contributed by atoms with Gasteiger partial charge in [0.1, 0.15) is 10.8 Å². The number of nitrogens with zero attached hydrogens (tertiary/aromatic N) is 3. The van der Waals surface area contributed by atoms with E-state index in [-0.39, 0.29) is 22.9 Å². The van der Waals surface area contributed by atoms with Crippen molar-refractivity contribution in [1.82, 2.24) is 14.6 Å². The molecule has 2 N–H and O–H groups in total. The zero-order valence-corrected chi connectivity index (χ0v) is 14.1. The Hall–Kier alpha value is -2.74. The van der Waals surface area contributed by atoms with Crippen molar-refractivity contribution < 1.29 is 9.53 Å². The molecule has 0 fully saturated rings. The summed E-state index contributed by atoms with van der Waals surface area (Å²) >= 11 is 1.34. The van der Waals surface area contributed by atoms with Crippen LogP contribution in [0.1, 0.15) is 24.4 Å². The molecular formula is C16H16N4O3S. The van der Waals surface area contributed by atoms with Gasteiger partial charge in [-0.15, -0.1) is 0 Å². The number of aryl methyl sites for hydroxylation is 1. The van der Waals surface area contributed by atoms with E-state index in [1.54, 1.807) is 25.2 Å². The molecule has 0 atom stereocenters. The third-order valence-corrected chi connectivity index (χ3v) is 4.47. The van der Waals surface area contributed by atoms with Crippen LogP contribution in [0, 0.1) is 0 Å². The number of nitrogen functional groups attached to an aromatic ring is 1. The van der Waals surface area contributed by atoms with E-state index in [2.05, 4.69) is 10.1 Å². The maximum Gasteiger partial charge on any atom is 0.283 e. The Morgan fingerprint density at radius 2 is 2.12 bits per heavy atom. The molecule has 1 aliphatic carbocycles. The van der Waals surface area contributed by atoms with Crippen LogP contribution in [0.25, 0.3) is 11.0 Å². The highest BCUT2D eigenvalue weighted by Gasteiger charge is 2.16. The Kier molecular flexibility index (Phi) is 4.30. The quantitative estimate of drug-likeness (QED) is 0.907. The molecule has 8 heteroatoms. The third-order valence-electron chi connectivity index (χ3n) is 3.41. The predicted octanol–water partition coefficient (Wildman–Crippen LogP) is 1.74. The molecule has 0 unspecified atom stereocenters. The number of hydrogen-bond acceptors (Lipinski definition) is 7. The van der Waals surface area contributed by atoms with Crippen LogP contribution >= 0.6 is 11.3 Å². The van der Waals surface area contributed by atoms with Crippen molar-refractivity contribution in [2.45, 2.75) is 20.3 Å². The molecule has 0 saturated carbocycles. The first kappa shape index (κ1) is 16.1. The van der Waals surface area contributed by atoms with Crippen molar-refractivity contribution in [2.75, 3.05) is 12.3 Å². The zero-order chi connectivity index (χ0) is 17.3. The molecule has 0 bridgehead atoms. The molecule has 2 aromatic heterocycles. The van der Waals surface area contributed by atoms with Crippen LogP contribution in [0.5, 0.6) is 0 Å². The summed E-state index contributed by atoms with van der Waals surface area (Å²) in [7, 11) is 0. The zero-order valence-electron chi connectivity index (χ0n) is 13.3. The molecule has 0 saturated heterocycles. The highest BCUT2D eigenvalue weighted by atomic mass is 32.1. The number of hydrogen-bond donors (Lipinski definition) is 1. The molecule has 7 nitrogen and oxygen atoms in total. The Bertz CT molecular complexity index is 966. The minimum atomic E-state index is -0.428. The highest BCUT2D eigenvalue weighted by Crippen LogP contribution is 2.21. The average Bonchev–Trinajstić information content (AvgIpc) is 2.98. The van der Waals surface area contributed by atoms with Crippen molar-refractivity contribution in [3.63, 3.8) is 0 Å². The minimum absolute atomic E-state index is 0.209. The SMILES string of the molecule is CCOC1=C/C(=C\c2c(N)n3nc(CC)sc3nc2=O)C=CC1=O. The lowest BCUT2D eigenvalue weighted by Crippen LogP contribution is -2.17. The summed E-state index contributed by atoms with van der Waals surface area (Å²) in [6.07, 6.45) is 6.91. The monoisotopic (exact) mass is 344 g/mol. The lowest BCUT2D eigenvalue weighted by molar-refractivity contribution is -0.114. The number of anilines is 1. The second-order valence-electron chi connectivity index (χ2n) is 5.04. The molecule has 2 heterocycles. The van der Waals surface area contributed by atoms with E-state index in [0.717, 1.165) is 11.4 Å². The van der Waals surface area contributed by atoms with Crippen LogP contribution < -0.4 is 11.3 Å². The normalized spacial score (nSPS) is 16.0. The molecule has 0 aliphatic heterocycles. The summed E-state index contributed by atoms with van der Waals surface area (Å²) in [5.41, 5.74) is 6.55. The fourth-order valence-corrected chi connectivity index (χ4v) is 3.08. The molecule has 24 heavy (non-hydrogen) atoms. The summed E-state index contributed by atoms with van der Waals surface area (Å²) in [4.78, 5) is 28.5. The van der Waals surface area contributed by atoms with E-state index in [9.17, 15) is 9.59 Å². The number of ketones is 1. The maximum atomic E-state index is 12.3. The van der Waals surface area contributed by atoms with Crippen LogP contribution in [0.4, 0.5) is 5.82 Å². The largest absolute Gasteiger partial charge is 0.490 e. The van der Waals surface area contributed by atoms with Crippen LogP contribution in [0.15, 0.2) is 34.4 Å². The maximum absolute atomic E-state index is 12.3. The Balaban J connectivity index is 2.11. The van der Waals surface area contributed by atoms with Crippen molar-refractivity contribution in [1.29, 1.82) is 0 Å². The fourth-order valence-electron chi connectivity index (χ4n) is 2.25. The van der Waals surface area contributed by atoms with Gasteiger partial charge in [0.25, 0.3) is 5.56 Å². The first-order valence-electron chi connectivity index (χ1n) is 7.50. The summed E-state index contributed by atoms with van der Waals surface area (Å²) in [6, 6.07) is 0. The molecule has 0 amide bonds. The summed E-state index contributed by atoms with van der Waals surface area (Å²) in [5.74, 6) is 0.255. The molecule has 3 rings (SSSR count). The van der Waals surface area contributed by atoms with E-state index >= 15 is 0 Å². The summed E-state index contributed by atoms with van der Waals surface area (Å²) < 4.78 is 6.76. The van der Waals surface area contributed by atoms with Gasteiger partial charge in [0.05, 0.1) is 12.2 Å². The predicted molar refractivity (Wildman–Crippen MR) is 92.8 cm³/mol. The van der Waals surface area contributed by atoms with Crippen LogP contribution in [0.2, 0.25) is 0 Å². The lowest BCUT2D eigenvalue weighted by atomic mass is 10.0. The molecule has 0 radical (unpaired) electrons. The van der Waals surface area contributed by atoms with Crippen molar-refractivity contribution >= 4 is 34.0 Å². The van der Waals surface area contributed by atoms with Crippen LogP contribution in [0.3, 0.4) is 0 Å². The second-order valence-corrected chi connectivity index (χ2v) is 6.08. The van der Waals surface area contributed by atoms with E-state index in [1.165, 1.54) is 21.9 Å². The molecule has 1 aliphatic rings. The Morgan fingerprint density at radius 1 is 1.33 bits per heavy atom. The van der Waals surface area contributed by atoms with Gasteiger partial charge < -0.3 is 10.5 Å². The van der Waals surface area contributed by atoms with Crippen molar-refractivity contribution in [3.8, 4) is 0 Å². The van der Waals surface area contributed by atoms with Gasteiger partial charge in [-0.2, -0.15) is 14.6 Å². The number of aromatic nitrogens is 3. The topological polar surface area (TPSA) is 99.6 Å². The molecule has 0 aromatic carbocycles. The van der Waals surface area contributed by atoms with E-state index in [1.807, 2.05) is 6.92 Å². The van der Waals surface area contributed by atoms with Gasteiger partial charge in [0, 0.05) is 0 Å². The molecular weight excluding hydrogens is 328 g/mol. The lowest BCUT2D eigenvalue weighted by Gasteiger charge is -2.10. The molecule has 124 valence electrons. The van der Waals surface area contributed by atoms with E-state index in [4.69, 9.17) is 10.5 Å². The fraction of sp³-hybridized carbons (Fsp3) is 0.250. The van der Waals surface area contributed by atoms with Gasteiger partial charge in [0.2, 0.25) is 10.7 Å². The number of rotatable bonds is 4. The summed E-state index contributed by atoms with van der Waals surface area (Å²) in [6.45, 7) is 4.15. The average molecular weight is 344 g/mol. The first-order chi connectivity index (χ1) is 11.5. The molecule has 2 aromatic rings. The van der Waals surface area contributed by atoms with Gasteiger partial charge in [0.15, 0.2) is 5.76 Å². The van der Waals surface area contributed by atoms with Gasteiger partial charge in [-0.05, 0) is 37.1 Å². The Labute approximate surface area is 141 Å². The number of carbonyl (C=O) groups is 1. The van der Waals surface area contributed by atoms with Gasteiger partial charge >= 0.3 is 0 Å². The molecule has 0 spiro atoms. The van der Waals surface area contributed by atoms with Crippen LogP contribution in [-0.4, -0.2) is 27.0 Å². The van der Waals surface area contributed by atoms with Crippen LogP contribution in [-0.2, 0) is 16.0 Å². The van der Waals surface area contributed by atoms with E-state index < -0.39 is 5.56 Å².